The van der Waals surface area contributed by atoms with Gasteiger partial charge in [-0.25, -0.2) is 0 Å². The third-order valence-electron chi connectivity index (χ3n) is 7.05. The summed E-state index contributed by atoms with van der Waals surface area (Å²) in [5.41, 5.74) is -0.885. The number of nitrogens with zero attached hydrogens (tertiary/aromatic N) is 4. The van der Waals surface area contributed by atoms with Crippen LogP contribution in [-0.2, 0) is 9.59 Å². The Morgan fingerprint density at radius 1 is 1.08 bits per heavy atom. The lowest BCUT2D eigenvalue weighted by atomic mass is 9.85. The fourth-order valence-corrected chi connectivity index (χ4v) is 5.93. The van der Waals surface area contributed by atoms with Gasteiger partial charge in [-0.3, -0.25) is 14.4 Å². The van der Waals surface area contributed by atoms with Gasteiger partial charge in [0.2, 0.25) is 18.1 Å². The largest absolute Gasteiger partial charge is 0.408 e. The van der Waals surface area contributed by atoms with E-state index >= 15 is 0 Å². The van der Waals surface area contributed by atoms with Crippen molar-refractivity contribution >= 4 is 29.9 Å². The van der Waals surface area contributed by atoms with Gasteiger partial charge in [0, 0.05) is 18.2 Å². The molecule has 0 spiro atoms. The first-order chi connectivity index (χ1) is 17.2. The number of thioether (sulfide) groups is 1. The molecule has 1 unspecified atom stereocenters. The molecule has 10 heteroatoms. The van der Waals surface area contributed by atoms with Crippen LogP contribution in [0.3, 0.4) is 0 Å². The second kappa shape index (κ2) is 13.6. The molecule has 2 fully saturated rings. The van der Waals surface area contributed by atoms with Crippen molar-refractivity contribution < 1.29 is 18.8 Å². The highest BCUT2D eigenvalue weighted by molar-refractivity contribution is 7.99. The number of carbonyl (C=O) groups is 3. The van der Waals surface area contributed by atoms with Gasteiger partial charge >= 0.3 is 0 Å². The zero-order chi connectivity index (χ0) is 26.1. The number of piperidine rings is 1. The average molecular weight is 522 g/mol. The Labute approximate surface area is 219 Å². The second-order valence-corrected chi connectivity index (χ2v) is 12.4. The molecule has 0 bridgehead atoms. The molecule has 3 rings (SSSR count). The van der Waals surface area contributed by atoms with E-state index in [2.05, 4.69) is 20.4 Å². The zero-order valence-corrected chi connectivity index (χ0v) is 23.1. The first-order valence-electron chi connectivity index (χ1n) is 13.6. The number of hydrogen-bond donors (Lipinski definition) is 1. The molecule has 2 heterocycles. The predicted octanol–water partition coefficient (Wildman–Crippen LogP) is 4.28. The first-order valence-corrected chi connectivity index (χ1v) is 14.4. The summed E-state index contributed by atoms with van der Waals surface area (Å²) in [6.45, 7) is 10.8. The molecule has 202 valence electrons. The number of carbonyl (C=O) groups excluding carboxylic acids is 3. The molecule has 1 atom stereocenters. The minimum absolute atomic E-state index is 0.0709. The molecule has 1 aliphatic carbocycles. The monoisotopic (exact) mass is 521 g/mol. The molecule has 0 radical (unpaired) electrons. The zero-order valence-electron chi connectivity index (χ0n) is 22.3. The summed E-state index contributed by atoms with van der Waals surface area (Å²) in [7, 11) is 0. The normalized spacial score (nSPS) is 19.3. The Bertz CT molecular complexity index is 862. The van der Waals surface area contributed by atoms with E-state index in [4.69, 9.17) is 4.42 Å². The van der Waals surface area contributed by atoms with Crippen LogP contribution in [0.25, 0.3) is 0 Å². The van der Waals surface area contributed by atoms with E-state index in [1.165, 1.54) is 31.0 Å². The van der Waals surface area contributed by atoms with Gasteiger partial charge in [0.15, 0.2) is 0 Å². The fraction of sp³-hybridized carbons (Fsp3) is 0.808. The Morgan fingerprint density at radius 3 is 2.36 bits per heavy atom. The lowest BCUT2D eigenvalue weighted by Crippen LogP contribution is -2.65. The summed E-state index contributed by atoms with van der Waals surface area (Å²) in [5.74, 6) is -0.382. The molecule has 36 heavy (non-hydrogen) atoms. The van der Waals surface area contributed by atoms with Gasteiger partial charge in [-0.05, 0) is 64.0 Å². The smallest absolute Gasteiger partial charge is 0.286 e. The number of aromatic nitrogens is 2. The molecule has 0 aromatic carbocycles. The van der Waals surface area contributed by atoms with Crippen molar-refractivity contribution in [3.63, 3.8) is 0 Å². The first kappa shape index (κ1) is 28.6. The van der Waals surface area contributed by atoms with E-state index in [1.54, 1.807) is 4.90 Å². The molecular weight excluding hydrogens is 478 g/mol. The topological polar surface area (TPSA) is 109 Å². The summed E-state index contributed by atoms with van der Waals surface area (Å²) in [6, 6.07) is -0.791. The average Bonchev–Trinajstić information content (AvgIpc) is 3.31. The van der Waals surface area contributed by atoms with Crippen LogP contribution < -0.4 is 5.32 Å². The number of hydrogen-bond acceptors (Lipinski definition) is 8. The number of likely N-dealkylation sites (tertiary alicyclic amines) is 1. The predicted molar refractivity (Wildman–Crippen MR) is 140 cm³/mol. The summed E-state index contributed by atoms with van der Waals surface area (Å²) in [4.78, 5) is 43.4. The van der Waals surface area contributed by atoms with Gasteiger partial charge in [0.05, 0.1) is 0 Å². The van der Waals surface area contributed by atoms with Gasteiger partial charge < -0.3 is 19.5 Å². The highest BCUT2D eigenvalue weighted by Crippen LogP contribution is 2.34. The fourth-order valence-electron chi connectivity index (χ4n) is 5.32. The van der Waals surface area contributed by atoms with Gasteiger partial charge in [-0.1, -0.05) is 52.3 Å². The second-order valence-electron chi connectivity index (χ2n) is 10.9. The lowest BCUT2D eigenvalue weighted by molar-refractivity contribution is -0.137. The van der Waals surface area contributed by atoms with Crippen molar-refractivity contribution in [3.05, 3.63) is 5.89 Å². The van der Waals surface area contributed by atoms with E-state index in [0.29, 0.717) is 30.9 Å². The van der Waals surface area contributed by atoms with Gasteiger partial charge in [0.25, 0.3) is 11.1 Å². The van der Waals surface area contributed by atoms with Crippen molar-refractivity contribution in [2.75, 3.05) is 19.6 Å². The van der Waals surface area contributed by atoms with E-state index in [-0.39, 0.29) is 28.7 Å². The molecule has 1 aliphatic heterocycles. The molecule has 2 aliphatic rings. The molecule has 1 aromatic heterocycles. The molecule has 1 saturated heterocycles. The Kier molecular flexibility index (Phi) is 10.8. The number of rotatable bonds is 13. The highest BCUT2D eigenvalue weighted by Gasteiger charge is 2.45. The van der Waals surface area contributed by atoms with Crippen LogP contribution in [0.5, 0.6) is 0 Å². The summed E-state index contributed by atoms with van der Waals surface area (Å²) >= 11 is 1.39. The van der Waals surface area contributed by atoms with Crippen LogP contribution >= 0.6 is 11.8 Å². The minimum Gasteiger partial charge on any atom is -0.408 e. The maximum absolute atomic E-state index is 13.7. The Balaban J connectivity index is 1.81. The van der Waals surface area contributed by atoms with Crippen molar-refractivity contribution in [2.45, 2.75) is 114 Å². The summed E-state index contributed by atoms with van der Waals surface area (Å²) in [5, 5.41) is 11.8. The van der Waals surface area contributed by atoms with Gasteiger partial charge in [0.1, 0.15) is 11.7 Å². The van der Waals surface area contributed by atoms with Crippen LogP contribution in [-0.4, -0.2) is 74.7 Å². The van der Waals surface area contributed by atoms with Crippen molar-refractivity contribution in [2.24, 2.45) is 5.92 Å². The van der Waals surface area contributed by atoms with Crippen LogP contribution in [0.15, 0.2) is 9.64 Å². The summed E-state index contributed by atoms with van der Waals surface area (Å²) < 4.78 is 5.68. The quantitative estimate of drug-likeness (QED) is 0.177. The Hall–Kier alpha value is -1.94. The Morgan fingerprint density at radius 2 is 1.75 bits per heavy atom. The van der Waals surface area contributed by atoms with Gasteiger partial charge in [-0.2, -0.15) is 0 Å². The maximum Gasteiger partial charge on any atom is 0.286 e. The molecule has 1 N–H and O–H groups in total. The minimum atomic E-state index is -0.885. The van der Waals surface area contributed by atoms with Crippen molar-refractivity contribution in [1.82, 2.24) is 25.3 Å². The highest BCUT2D eigenvalue weighted by atomic mass is 32.2. The van der Waals surface area contributed by atoms with Crippen LogP contribution in [0.1, 0.15) is 103 Å². The number of Topliss-reactive ketones (excluding diaryl/α,β-unsaturated/α-hetero) is 1. The molecule has 9 nitrogen and oxygen atoms in total. The number of ketones is 1. The van der Waals surface area contributed by atoms with Crippen LogP contribution in [0, 0.1) is 5.92 Å². The SMILES string of the molecule is CC(C)CC(C(=O)c1nnc(SC(C)C)o1)N(C=O)C1(NC(=O)CCN2CCCCC2)CCCCC1. The molecule has 2 amide bonds. The third kappa shape index (κ3) is 7.78. The van der Waals surface area contributed by atoms with Crippen molar-refractivity contribution in [3.8, 4) is 0 Å². The third-order valence-corrected chi connectivity index (χ3v) is 7.89. The van der Waals surface area contributed by atoms with E-state index in [9.17, 15) is 14.4 Å². The number of amides is 2. The lowest BCUT2D eigenvalue weighted by Gasteiger charge is -2.48. The van der Waals surface area contributed by atoms with Crippen LogP contribution in [0.4, 0.5) is 0 Å². The molecule has 1 saturated carbocycles. The summed E-state index contributed by atoms with van der Waals surface area (Å²) in [6.07, 6.45) is 9.24. The van der Waals surface area contributed by atoms with Crippen molar-refractivity contribution in [1.29, 1.82) is 0 Å². The number of nitrogens with one attached hydrogen (secondary N) is 1. The van der Waals surface area contributed by atoms with E-state index in [1.807, 2.05) is 27.7 Å². The van der Waals surface area contributed by atoms with E-state index < -0.39 is 11.7 Å². The maximum atomic E-state index is 13.7. The molecule has 1 aromatic rings. The van der Waals surface area contributed by atoms with Crippen LogP contribution in [0.2, 0.25) is 0 Å². The van der Waals surface area contributed by atoms with E-state index in [0.717, 1.165) is 45.3 Å². The molecular formula is C26H43N5O4S. The van der Waals surface area contributed by atoms with Gasteiger partial charge in [-0.15, -0.1) is 10.2 Å². The standard InChI is InChI=1S/C26H43N5O4S/c1-19(2)17-21(23(34)24-28-29-25(35-24)36-20(3)4)31(18-32)26(12-7-5-8-13-26)27-22(33)11-16-30-14-9-6-10-15-30/h18-21H,5-17H2,1-4H3,(H,27,33).